The lowest BCUT2D eigenvalue weighted by Crippen LogP contribution is -2.46. The number of aromatic nitrogens is 2. The van der Waals surface area contributed by atoms with Crippen molar-refractivity contribution in [3.05, 3.63) is 17.5 Å². The molecule has 0 bridgehead atoms. The molecule has 0 fully saturated rings. The molecule has 130 valence electrons. The molecule has 1 atom stereocenters. The van der Waals surface area contributed by atoms with Crippen LogP contribution < -0.4 is 10.6 Å². The average molecular weight is 319 g/mol. The SMILES string of the molecule is CCNC(=NCC(C)(C)C)NC1CCc2cn(C(C)C)nc2C1. The highest BCUT2D eigenvalue weighted by Crippen LogP contribution is 2.21. The quantitative estimate of drug-likeness (QED) is 0.663. The fourth-order valence-corrected chi connectivity index (χ4v) is 2.73. The molecule has 5 heteroatoms. The van der Waals surface area contributed by atoms with Gasteiger partial charge in [0, 0.05) is 37.8 Å². The predicted octanol–water partition coefficient (Wildman–Crippen LogP) is 2.92. The van der Waals surface area contributed by atoms with Crippen LogP contribution in [0.1, 0.15) is 65.3 Å². The maximum absolute atomic E-state index is 4.76. The summed E-state index contributed by atoms with van der Waals surface area (Å²) in [5.41, 5.74) is 2.86. The highest BCUT2D eigenvalue weighted by Gasteiger charge is 2.23. The summed E-state index contributed by atoms with van der Waals surface area (Å²) in [4.78, 5) is 4.74. The standard InChI is InChI=1S/C18H33N5/c1-7-19-17(20-12-18(4,5)6)21-15-9-8-14-11-23(13(2)3)22-16(14)10-15/h11,13,15H,7-10,12H2,1-6H3,(H2,19,20,21). The second-order valence-corrected chi connectivity index (χ2v) is 8.01. The summed E-state index contributed by atoms with van der Waals surface area (Å²) in [5.74, 6) is 0.930. The first-order chi connectivity index (χ1) is 10.8. The smallest absolute Gasteiger partial charge is 0.191 e. The van der Waals surface area contributed by atoms with Crippen molar-refractivity contribution in [2.45, 2.75) is 72.9 Å². The minimum absolute atomic E-state index is 0.206. The van der Waals surface area contributed by atoms with E-state index in [4.69, 9.17) is 10.1 Å². The Kier molecular flexibility index (Phi) is 5.71. The van der Waals surface area contributed by atoms with Crippen molar-refractivity contribution in [3.8, 4) is 0 Å². The molecule has 23 heavy (non-hydrogen) atoms. The summed E-state index contributed by atoms with van der Waals surface area (Å²) >= 11 is 0. The van der Waals surface area contributed by atoms with Crippen LogP contribution in [0, 0.1) is 5.41 Å². The Morgan fingerprint density at radius 3 is 2.78 bits per heavy atom. The highest BCUT2D eigenvalue weighted by atomic mass is 15.3. The Bertz CT molecular complexity index is 536. The zero-order valence-electron chi connectivity index (χ0n) is 15.6. The fraction of sp³-hybridized carbons (Fsp3) is 0.778. The minimum atomic E-state index is 0.206. The molecule has 1 aliphatic rings. The molecule has 0 radical (unpaired) electrons. The molecule has 2 rings (SSSR count). The summed E-state index contributed by atoms with van der Waals surface area (Å²) in [6.45, 7) is 14.8. The van der Waals surface area contributed by atoms with Crippen molar-refractivity contribution in [1.29, 1.82) is 0 Å². The van der Waals surface area contributed by atoms with Crippen molar-refractivity contribution >= 4 is 5.96 Å². The third-order valence-corrected chi connectivity index (χ3v) is 4.02. The molecule has 1 unspecified atom stereocenters. The second kappa shape index (κ2) is 7.37. The van der Waals surface area contributed by atoms with Gasteiger partial charge < -0.3 is 10.6 Å². The van der Waals surface area contributed by atoms with Crippen LogP contribution in [-0.2, 0) is 12.8 Å². The first-order valence-corrected chi connectivity index (χ1v) is 8.90. The van der Waals surface area contributed by atoms with E-state index >= 15 is 0 Å². The third-order valence-electron chi connectivity index (χ3n) is 4.02. The number of nitrogens with zero attached hydrogens (tertiary/aromatic N) is 3. The molecule has 0 spiro atoms. The predicted molar refractivity (Wildman–Crippen MR) is 97.0 cm³/mol. The molecule has 1 aromatic rings. The monoisotopic (exact) mass is 319 g/mol. The van der Waals surface area contributed by atoms with Gasteiger partial charge in [0.05, 0.1) is 5.69 Å². The molecule has 1 aromatic heterocycles. The van der Waals surface area contributed by atoms with E-state index in [0.717, 1.165) is 38.3 Å². The van der Waals surface area contributed by atoms with Gasteiger partial charge >= 0.3 is 0 Å². The number of aliphatic imine (C=N–C) groups is 1. The zero-order chi connectivity index (χ0) is 17.0. The van der Waals surface area contributed by atoms with E-state index in [1.54, 1.807) is 0 Å². The van der Waals surface area contributed by atoms with E-state index < -0.39 is 0 Å². The van der Waals surface area contributed by atoms with Crippen LogP contribution in [0.5, 0.6) is 0 Å². The number of guanidine groups is 1. The van der Waals surface area contributed by atoms with E-state index in [0.29, 0.717) is 12.1 Å². The van der Waals surface area contributed by atoms with Gasteiger partial charge in [-0.05, 0) is 44.6 Å². The van der Waals surface area contributed by atoms with Crippen LogP contribution in [0.2, 0.25) is 0 Å². The molecule has 1 heterocycles. The average Bonchev–Trinajstić information content (AvgIpc) is 2.87. The Balaban J connectivity index is 2.01. The lowest BCUT2D eigenvalue weighted by Gasteiger charge is -2.25. The summed E-state index contributed by atoms with van der Waals surface area (Å²) < 4.78 is 2.09. The van der Waals surface area contributed by atoms with Gasteiger partial charge in [-0.1, -0.05) is 20.8 Å². The third kappa shape index (κ3) is 5.26. The molecule has 5 nitrogen and oxygen atoms in total. The summed E-state index contributed by atoms with van der Waals surface area (Å²) in [6, 6.07) is 0.841. The normalized spacial score (nSPS) is 18.9. The number of hydrogen-bond donors (Lipinski definition) is 2. The van der Waals surface area contributed by atoms with E-state index in [9.17, 15) is 0 Å². The molecule has 0 aromatic carbocycles. The van der Waals surface area contributed by atoms with Crippen LogP contribution in [-0.4, -0.2) is 34.9 Å². The van der Waals surface area contributed by atoms with Gasteiger partial charge in [0.25, 0.3) is 0 Å². The lowest BCUT2D eigenvalue weighted by atomic mass is 9.94. The number of aryl methyl sites for hydroxylation is 1. The molecule has 0 saturated carbocycles. The van der Waals surface area contributed by atoms with Crippen molar-refractivity contribution in [3.63, 3.8) is 0 Å². The second-order valence-electron chi connectivity index (χ2n) is 8.01. The number of nitrogens with one attached hydrogen (secondary N) is 2. The molecule has 0 amide bonds. The first-order valence-electron chi connectivity index (χ1n) is 8.90. The van der Waals surface area contributed by atoms with Crippen LogP contribution >= 0.6 is 0 Å². The Hall–Kier alpha value is -1.52. The maximum Gasteiger partial charge on any atom is 0.191 e. The minimum Gasteiger partial charge on any atom is -0.357 e. The highest BCUT2D eigenvalue weighted by molar-refractivity contribution is 5.80. The lowest BCUT2D eigenvalue weighted by molar-refractivity contribution is 0.426. The first kappa shape index (κ1) is 17.8. The molecule has 0 saturated heterocycles. The van der Waals surface area contributed by atoms with Gasteiger partial charge in [-0.25, -0.2) is 0 Å². The van der Waals surface area contributed by atoms with Crippen LogP contribution in [0.3, 0.4) is 0 Å². The zero-order valence-corrected chi connectivity index (χ0v) is 15.6. The Labute approximate surface area is 141 Å². The Morgan fingerprint density at radius 2 is 2.17 bits per heavy atom. The summed E-state index contributed by atoms with van der Waals surface area (Å²) in [5, 5.41) is 11.7. The van der Waals surface area contributed by atoms with Crippen LogP contribution in [0.4, 0.5) is 0 Å². The van der Waals surface area contributed by atoms with Gasteiger partial charge in [0.1, 0.15) is 0 Å². The van der Waals surface area contributed by atoms with Crippen LogP contribution in [0.25, 0.3) is 0 Å². The molecule has 0 aliphatic heterocycles. The number of fused-ring (bicyclic) bond motifs is 1. The maximum atomic E-state index is 4.76. The van der Waals surface area contributed by atoms with E-state index in [1.165, 1.54) is 11.3 Å². The molecule has 2 N–H and O–H groups in total. The van der Waals surface area contributed by atoms with Crippen molar-refractivity contribution in [2.24, 2.45) is 10.4 Å². The summed E-state index contributed by atoms with van der Waals surface area (Å²) in [7, 11) is 0. The van der Waals surface area contributed by atoms with Crippen molar-refractivity contribution in [1.82, 2.24) is 20.4 Å². The number of rotatable bonds is 4. The van der Waals surface area contributed by atoms with E-state index in [2.05, 4.69) is 63.1 Å². The molecule has 1 aliphatic carbocycles. The molecular weight excluding hydrogens is 286 g/mol. The van der Waals surface area contributed by atoms with Crippen molar-refractivity contribution < 1.29 is 0 Å². The van der Waals surface area contributed by atoms with E-state index in [-0.39, 0.29) is 5.41 Å². The molecular formula is C18H33N5. The fourth-order valence-electron chi connectivity index (χ4n) is 2.73. The largest absolute Gasteiger partial charge is 0.357 e. The number of hydrogen-bond acceptors (Lipinski definition) is 2. The van der Waals surface area contributed by atoms with Crippen LogP contribution in [0.15, 0.2) is 11.2 Å². The van der Waals surface area contributed by atoms with Crippen molar-refractivity contribution in [2.75, 3.05) is 13.1 Å². The van der Waals surface area contributed by atoms with Gasteiger partial charge in [-0.3, -0.25) is 9.67 Å². The summed E-state index contributed by atoms with van der Waals surface area (Å²) in [6.07, 6.45) is 5.43. The van der Waals surface area contributed by atoms with Gasteiger partial charge in [0.2, 0.25) is 0 Å². The van der Waals surface area contributed by atoms with Gasteiger partial charge in [-0.2, -0.15) is 5.10 Å². The Morgan fingerprint density at radius 1 is 1.43 bits per heavy atom. The van der Waals surface area contributed by atoms with Gasteiger partial charge in [-0.15, -0.1) is 0 Å². The van der Waals surface area contributed by atoms with E-state index in [1.807, 2.05) is 0 Å². The van der Waals surface area contributed by atoms with Gasteiger partial charge in [0.15, 0.2) is 5.96 Å². The topological polar surface area (TPSA) is 54.2 Å².